The van der Waals surface area contributed by atoms with Crippen LogP contribution in [0.4, 0.5) is 16.2 Å². The molecule has 0 bridgehead atoms. The second-order valence-corrected chi connectivity index (χ2v) is 8.06. The van der Waals surface area contributed by atoms with Crippen molar-refractivity contribution in [1.82, 2.24) is 5.32 Å². The number of nitrogens with one attached hydrogen (secondary N) is 2. The largest absolute Gasteiger partial charge is 0.359 e. The lowest BCUT2D eigenvalue weighted by atomic mass is 9.94. The van der Waals surface area contributed by atoms with Crippen molar-refractivity contribution in [2.45, 2.75) is 19.2 Å². The van der Waals surface area contributed by atoms with Gasteiger partial charge in [-0.1, -0.05) is 71.2 Å². The Hall–Kier alpha value is -3.06. The Labute approximate surface area is 189 Å². The van der Waals surface area contributed by atoms with Crippen molar-refractivity contribution >= 4 is 46.5 Å². The molecule has 0 unspecified atom stereocenters. The fourth-order valence-corrected chi connectivity index (χ4v) is 3.79. The molecule has 3 amide bonds. The number of benzene rings is 3. The molecule has 0 fully saturated rings. The molecule has 31 heavy (non-hydrogen) atoms. The maximum atomic E-state index is 13.4. The highest BCUT2D eigenvalue weighted by Crippen LogP contribution is 2.41. The first-order chi connectivity index (χ1) is 14.8. The molecule has 1 aliphatic rings. The van der Waals surface area contributed by atoms with E-state index >= 15 is 0 Å². The number of hydrogen-bond donors (Lipinski definition) is 3. The lowest BCUT2D eigenvalue weighted by Crippen LogP contribution is -2.62. The zero-order valence-corrected chi connectivity index (χ0v) is 18.0. The molecule has 3 N–H and O–H groups in total. The van der Waals surface area contributed by atoms with E-state index in [1.165, 1.54) is 18.2 Å². The van der Waals surface area contributed by atoms with Crippen LogP contribution in [-0.2, 0) is 17.1 Å². The summed E-state index contributed by atoms with van der Waals surface area (Å²) in [5.41, 5.74) is 0.448. The van der Waals surface area contributed by atoms with Gasteiger partial charge in [-0.05, 0) is 36.8 Å². The molecular weight excluding hydrogens is 437 g/mol. The van der Waals surface area contributed by atoms with E-state index in [4.69, 9.17) is 23.2 Å². The molecule has 1 heterocycles. The summed E-state index contributed by atoms with van der Waals surface area (Å²) in [6.07, 6.45) is 0. The summed E-state index contributed by atoms with van der Waals surface area (Å²) < 4.78 is 0. The molecular formula is C23H19Cl2N3O3. The number of aliphatic hydroxyl groups is 1. The van der Waals surface area contributed by atoms with Crippen LogP contribution in [0.2, 0.25) is 10.0 Å². The van der Waals surface area contributed by atoms with Gasteiger partial charge < -0.3 is 15.7 Å². The lowest BCUT2D eigenvalue weighted by molar-refractivity contribution is -0.140. The Kier molecular flexibility index (Phi) is 5.62. The highest BCUT2D eigenvalue weighted by molar-refractivity contribution is 6.42. The van der Waals surface area contributed by atoms with Crippen molar-refractivity contribution < 1.29 is 14.7 Å². The van der Waals surface area contributed by atoms with Crippen LogP contribution in [0.5, 0.6) is 0 Å². The lowest BCUT2D eigenvalue weighted by Gasteiger charge is -2.42. The fourth-order valence-electron chi connectivity index (χ4n) is 3.50. The summed E-state index contributed by atoms with van der Waals surface area (Å²) in [6.45, 7) is 2.15. The molecule has 0 saturated carbocycles. The van der Waals surface area contributed by atoms with Crippen molar-refractivity contribution in [3.8, 4) is 0 Å². The average molecular weight is 456 g/mol. The SMILES string of the molecule is Cc1ccc(CNC(=O)[C@@]2(O)c3ccccc3NC(=O)N2c2ccc(Cl)c(Cl)c2)cc1. The molecule has 3 aromatic carbocycles. The molecule has 0 aliphatic carbocycles. The van der Waals surface area contributed by atoms with Crippen LogP contribution in [0, 0.1) is 6.92 Å². The maximum Gasteiger partial charge on any atom is 0.329 e. The third-order valence-electron chi connectivity index (χ3n) is 5.12. The molecule has 3 aromatic rings. The molecule has 158 valence electrons. The van der Waals surface area contributed by atoms with Gasteiger partial charge >= 0.3 is 6.03 Å². The first-order valence-corrected chi connectivity index (χ1v) is 10.3. The second kappa shape index (κ2) is 8.23. The molecule has 1 aliphatic heterocycles. The molecule has 8 heteroatoms. The Balaban J connectivity index is 1.76. The van der Waals surface area contributed by atoms with Crippen LogP contribution in [0.3, 0.4) is 0 Å². The van der Waals surface area contributed by atoms with Crippen LogP contribution in [0.15, 0.2) is 66.7 Å². The standard InChI is InChI=1S/C23H19Cl2N3O3/c1-14-6-8-15(9-7-14)13-26-21(29)23(31)17-4-2-3-5-20(17)27-22(30)28(23)16-10-11-18(24)19(25)12-16/h2-12,31H,13H2,1H3,(H,26,29)(H,27,30)/t23-/m0/s1. The first-order valence-electron chi connectivity index (χ1n) is 9.52. The number of urea groups is 1. The van der Waals surface area contributed by atoms with Gasteiger partial charge in [-0.15, -0.1) is 0 Å². The average Bonchev–Trinajstić information content (AvgIpc) is 2.75. The monoisotopic (exact) mass is 455 g/mol. The van der Waals surface area contributed by atoms with Gasteiger partial charge in [0, 0.05) is 12.1 Å². The van der Waals surface area contributed by atoms with Crippen molar-refractivity contribution in [2.24, 2.45) is 0 Å². The predicted octanol–water partition coefficient (Wildman–Crippen LogP) is 4.82. The normalized spacial score (nSPS) is 17.7. The van der Waals surface area contributed by atoms with Gasteiger partial charge in [0.25, 0.3) is 11.6 Å². The Morgan fingerprint density at radius 3 is 2.48 bits per heavy atom. The Bertz CT molecular complexity index is 1170. The van der Waals surface area contributed by atoms with Crippen LogP contribution in [-0.4, -0.2) is 17.0 Å². The second-order valence-electron chi connectivity index (χ2n) is 7.25. The number of aryl methyl sites for hydroxylation is 1. The molecule has 1 atom stereocenters. The predicted molar refractivity (Wildman–Crippen MR) is 121 cm³/mol. The molecule has 0 radical (unpaired) electrons. The van der Waals surface area contributed by atoms with Crippen molar-refractivity contribution in [2.75, 3.05) is 10.2 Å². The van der Waals surface area contributed by atoms with Gasteiger partial charge in [0.2, 0.25) is 0 Å². The number of amides is 3. The number of nitrogens with zero attached hydrogens (tertiary/aromatic N) is 1. The maximum absolute atomic E-state index is 13.4. The van der Waals surface area contributed by atoms with Gasteiger partial charge in [-0.3, -0.25) is 9.69 Å². The van der Waals surface area contributed by atoms with Gasteiger partial charge in [0.15, 0.2) is 0 Å². The molecule has 0 saturated heterocycles. The number of rotatable bonds is 4. The summed E-state index contributed by atoms with van der Waals surface area (Å²) >= 11 is 12.1. The number of carbonyl (C=O) groups is 2. The van der Waals surface area contributed by atoms with Crippen LogP contribution in [0.1, 0.15) is 16.7 Å². The number of para-hydroxylation sites is 1. The molecule has 6 nitrogen and oxygen atoms in total. The molecule has 0 aromatic heterocycles. The van der Waals surface area contributed by atoms with Gasteiger partial charge in [-0.25, -0.2) is 4.79 Å². The van der Waals surface area contributed by atoms with E-state index in [0.29, 0.717) is 5.69 Å². The minimum atomic E-state index is -2.30. The van der Waals surface area contributed by atoms with E-state index in [-0.39, 0.29) is 27.8 Å². The molecule has 4 rings (SSSR count). The minimum absolute atomic E-state index is 0.181. The minimum Gasteiger partial charge on any atom is -0.359 e. The Morgan fingerprint density at radius 1 is 1.06 bits per heavy atom. The fraction of sp³-hybridized carbons (Fsp3) is 0.130. The number of halogens is 2. The van der Waals surface area contributed by atoms with E-state index in [2.05, 4.69) is 10.6 Å². The summed E-state index contributed by atoms with van der Waals surface area (Å²) in [6, 6.07) is 18.0. The summed E-state index contributed by atoms with van der Waals surface area (Å²) in [7, 11) is 0. The number of carbonyl (C=O) groups excluding carboxylic acids is 2. The third kappa shape index (κ3) is 3.85. The molecule has 0 spiro atoms. The highest BCUT2D eigenvalue weighted by atomic mass is 35.5. The summed E-state index contributed by atoms with van der Waals surface area (Å²) in [5.74, 6) is -0.749. The van der Waals surface area contributed by atoms with E-state index < -0.39 is 17.7 Å². The summed E-state index contributed by atoms with van der Waals surface area (Å²) in [5, 5.41) is 17.7. The van der Waals surface area contributed by atoms with Gasteiger partial charge in [0.05, 0.1) is 21.4 Å². The van der Waals surface area contributed by atoms with Crippen molar-refractivity contribution in [3.05, 3.63) is 93.5 Å². The first kappa shape index (κ1) is 21.2. The highest BCUT2D eigenvalue weighted by Gasteiger charge is 2.51. The van der Waals surface area contributed by atoms with Crippen LogP contribution < -0.4 is 15.5 Å². The van der Waals surface area contributed by atoms with Crippen molar-refractivity contribution in [1.29, 1.82) is 0 Å². The number of hydrogen-bond acceptors (Lipinski definition) is 3. The van der Waals surface area contributed by atoms with E-state index in [9.17, 15) is 14.7 Å². The third-order valence-corrected chi connectivity index (χ3v) is 5.86. The quantitative estimate of drug-likeness (QED) is 0.527. The van der Waals surface area contributed by atoms with Gasteiger partial charge in [0.1, 0.15) is 0 Å². The zero-order valence-electron chi connectivity index (χ0n) is 16.5. The summed E-state index contributed by atoms with van der Waals surface area (Å²) in [4.78, 5) is 27.3. The Morgan fingerprint density at radius 2 is 1.77 bits per heavy atom. The number of anilines is 2. The van der Waals surface area contributed by atoms with E-state index in [0.717, 1.165) is 16.0 Å². The topological polar surface area (TPSA) is 81.7 Å². The smallest absolute Gasteiger partial charge is 0.329 e. The van der Waals surface area contributed by atoms with E-state index in [1.54, 1.807) is 24.3 Å². The van der Waals surface area contributed by atoms with Crippen LogP contribution in [0.25, 0.3) is 0 Å². The van der Waals surface area contributed by atoms with E-state index in [1.807, 2.05) is 31.2 Å². The zero-order chi connectivity index (χ0) is 22.2. The van der Waals surface area contributed by atoms with Gasteiger partial charge in [-0.2, -0.15) is 0 Å². The number of fused-ring (bicyclic) bond motifs is 1. The van der Waals surface area contributed by atoms with Crippen LogP contribution >= 0.6 is 23.2 Å². The van der Waals surface area contributed by atoms with Crippen molar-refractivity contribution in [3.63, 3.8) is 0 Å².